The molecule has 0 aliphatic heterocycles. The van der Waals surface area contributed by atoms with E-state index in [0.29, 0.717) is 23.0 Å². The molecule has 2 heterocycles. The molecular formula is C25H28N6O3. The first-order valence-corrected chi connectivity index (χ1v) is 11.2. The Balaban J connectivity index is 1.35. The molecule has 1 saturated carbocycles. The van der Waals surface area contributed by atoms with Crippen LogP contribution in [0, 0.1) is 0 Å². The van der Waals surface area contributed by atoms with Crippen molar-refractivity contribution < 1.29 is 14.3 Å². The topological polar surface area (TPSA) is 123 Å². The summed E-state index contributed by atoms with van der Waals surface area (Å²) in [5.74, 6) is 0.274. The number of rotatable bonds is 7. The Morgan fingerprint density at radius 3 is 2.41 bits per heavy atom. The molecular weight excluding hydrogens is 432 g/mol. The van der Waals surface area contributed by atoms with E-state index in [1.807, 2.05) is 18.2 Å². The number of nitrogens with one attached hydrogen (secondary N) is 1. The lowest BCUT2D eigenvalue weighted by Crippen LogP contribution is -2.32. The van der Waals surface area contributed by atoms with Crippen LogP contribution < -0.4 is 15.8 Å². The van der Waals surface area contributed by atoms with E-state index in [0.717, 1.165) is 36.9 Å². The van der Waals surface area contributed by atoms with Crippen LogP contribution in [0.1, 0.15) is 46.4 Å². The predicted octanol–water partition coefficient (Wildman–Crippen LogP) is 3.14. The molecule has 0 atom stereocenters. The number of ether oxygens (including phenoxy) is 1. The van der Waals surface area contributed by atoms with Gasteiger partial charge in [-0.1, -0.05) is 12.1 Å². The summed E-state index contributed by atoms with van der Waals surface area (Å²) in [5.41, 5.74) is 8.05. The summed E-state index contributed by atoms with van der Waals surface area (Å²) in [7, 11) is 3.46. The molecule has 1 aromatic carbocycles. The zero-order valence-electron chi connectivity index (χ0n) is 19.3. The van der Waals surface area contributed by atoms with E-state index >= 15 is 0 Å². The van der Waals surface area contributed by atoms with Crippen molar-refractivity contribution in [1.82, 2.24) is 19.9 Å². The minimum atomic E-state index is -0.547. The standard InChI is InChI=1S/C25H28N6O3/c1-31(2)24(33)17-7-5-16(6-8-17)21-13-15-28-25(30-21)29-18-9-11-19(12-10-18)34-23-20(22(26)32)4-3-14-27-23/h3-8,13-15,18-19H,9-12H2,1-2H3,(H2,26,32)(H,28,29,30)/t18-,19-. The number of carbonyl (C=O) groups is 2. The second-order valence-electron chi connectivity index (χ2n) is 8.50. The van der Waals surface area contributed by atoms with Gasteiger partial charge in [-0.05, 0) is 56.0 Å². The smallest absolute Gasteiger partial charge is 0.254 e. The van der Waals surface area contributed by atoms with E-state index in [-0.39, 0.29) is 18.1 Å². The zero-order valence-corrected chi connectivity index (χ0v) is 19.3. The van der Waals surface area contributed by atoms with E-state index in [9.17, 15) is 9.59 Å². The zero-order chi connectivity index (χ0) is 24.1. The predicted molar refractivity (Wildman–Crippen MR) is 129 cm³/mol. The van der Waals surface area contributed by atoms with Crippen LogP contribution >= 0.6 is 0 Å². The minimum Gasteiger partial charge on any atom is -0.474 e. The molecule has 2 amide bonds. The van der Waals surface area contributed by atoms with Gasteiger partial charge in [0.1, 0.15) is 11.7 Å². The van der Waals surface area contributed by atoms with Gasteiger partial charge in [-0.2, -0.15) is 0 Å². The summed E-state index contributed by atoms with van der Waals surface area (Å²) in [6, 6.07) is 12.7. The Morgan fingerprint density at radius 1 is 1.00 bits per heavy atom. The first-order chi connectivity index (χ1) is 16.4. The molecule has 0 radical (unpaired) electrons. The van der Waals surface area contributed by atoms with Gasteiger partial charge in [-0.3, -0.25) is 9.59 Å². The van der Waals surface area contributed by atoms with E-state index in [1.54, 1.807) is 55.7 Å². The minimum absolute atomic E-state index is 0.0262. The van der Waals surface area contributed by atoms with Gasteiger partial charge in [0, 0.05) is 43.7 Å². The molecule has 1 fully saturated rings. The number of carbonyl (C=O) groups excluding carboxylic acids is 2. The number of aromatic nitrogens is 3. The summed E-state index contributed by atoms with van der Waals surface area (Å²) in [6.45, 7) is 0. The van der Waals surface area contributed by atoms with Gasteiger partial charge in [-0.15, -0.1) is 0 Å². The third kappa shape index (κ3) is 5.48. The van der Waals surface area contributed by atoms with Crippen molar-refractivity contribution >= 4 is 17.8 Å². The lowest BCUT2D eigenvalue weighted by atomic mass is 9.93. The van der Waals surface area contributed by atoms with Gasteiger partial charge < -0.3 is 20.7 Å². The fraction of sp³-hybridized carbons (Fsp3) is 0.320. The highest BCUT2D eigenvalue weighted by Gasteiger charge is 2.24. The number of amides is 2. The maximum absolute atomic E-state index is 12.1. The first kappa shape index (κ1) is 23.2. The Morgan fingerprint density at radius 2 is 1.74 bits per heavy atom. The fourth-order valence-corrected chi connectivity index (χ4v) is 3.97. The summed E-state index contributed by atoms with van der Waals surface area (Å²) in [4.78, 5) is 38.4. The summed E-state index contributed by atoms with van der Waals surface area (Å²) < 4.78 is 5.97. The van der Waals surface area contributed by atoms with Crippen molar-refractivity contribution in [3.05, 3.63) is 66.0 Å². The van der Waals surface area contributed by atoms with E-state index < -0.39 is 5.91 Å². The maximum Gasteiger partial charge on any atom is 0.254 e. The molecule has 3 N–H and O–H groups in total. The van der Waals surface area contributed by atoms with Crippen molar-refractivity contribution in [1.29, 1.82) is 0 Å². The van der Waals surface area contributed by atoms with Crippen molar-refractivity contribution in [2.45, 2.75) is 37.8 Å². The lowest BCUT2D eigenvalue weighted by molar-refractivity contribution is 0.0827. The second kappa shape index (κ2) is 10.3. The summed E-state index contributed by atoms with van der Waals surface area (Å²) in [5, 5.41) is 3.42. The first-order valence-electron chi connectivity index (χ1n) is 11.2. The van der Waals surface area contributed by atoms with Gasteiger partial charge in [0.15, 0.2) is 0 Å². The summed E-state index contributed by atoms with van der Waals surface area (Å²) in [6.07, 6.45) is 6.66. The average molecular weight is 461 g/mol. The van der Waals surface area contributed by atoms with E-state index in [2.05, 4.69) is 20.3 Å². The van der Waals surface area contributed by atoms with Crippen LogP contribution in [0.5, 0.6) is 5.88 Å². The molecule has 0 bridgehead atoms. The lowest BCUT2D eigenvalue weighted by Gasteiger charge is -2.29. The largest absolute Gasteiger partial charge is 0.474 e. The molecule has 9 nitrogen and oxygen atoms in total. The van der Waals surface area contributed by atoms with Gasteiger partial charge >= 0.3 is 0 Å². The number of hydrogen-bond donors (Lipinski definition) is 2. The number of benzene rings is 1. The van der Waals surface area contributed by atoms with Gasteiger partial charge in [0.25, 0.3) is 11.8 Å². The Labute approximate surface area is 198 Å². The molecule has 9 heteroatoms. The quantitative estimate of drug-likeness (QED) is 0.555. The monoisotopic (exact) mass is 460 g/mol. The number of anilines is 1. The third-order valence-electron chi connectivity index (χ3n) is 5.81. The molecule has 176 valence electrons. The second-order valence-corrected chi connectivity index (χ2v) is 8.50. The molecule has 0 spiro atoms. The molecule has 1 aliphatic carbocycles. The number of nitrogens with zero attached hydrogens (tertiary/aromatic N) is 4. The molecule has 2 aromatic heterocycles. The van der Waals surface area contributed by atoms with Crippen LogP contribution in [0.3, 0.4) is 0 Å². The third-order valence-corrected chi connectivity index (χ3v) is 5.81. The van der Waals surface area contributed by atoms with Crippen LogP contribution in [-0.2, 0) is 0 Å². The van der Waals surface area contributed by atoms with Crippen molar-refractivity contribution in [3.63, 3.8) is 0 Å². The van der Waals surface area contributed by atoms with Crippen LogP contribution in [0.15, 0.2) is 54.9 Å². The van der Waals surface area contributed by atoms with Crippen molar-refractivity contribution in [3.8, 4) is 17.1 Å². The number of primary amides is 1. The van der Waals surface area contributed by atoms with Gasteiger partial charge in [0.2, 0.25) is 11.8 Å². The van der Waals surface area contributed by atoms with Crippen molar-refractivity contribution in [2.75, 3.05) is 19.4 Å². The van der Waals surface area contributed by atoms with E-state index in [4.69, 9.17) is 10.5 Å². The number of hydrogen-bond acceptors (Lipinski definition) is 7. The number of nitrogens with two attached hydrogens (primary N) is 1. The van der Waals surface area contributed by atoms with E-state index in [1.165, 1.54) is 0 Å². The SMILES string of the molecule is CN(C)C(=O)c1ccc(-c2ccnc(N[C@H]3CC[C@H](Oc4ncccc4C(N)=O)CC3)n2)cc1. The van der Waals surface area contributed by atoms with Gasteiger partial charge in [-0.25, -0.2) is 15.0 Å². The van der Waals surface area contributed by atoms with Crippen LogP contribution in [0.4, 0.5) is 5.95 Å². The molecule has 34 heavy (non-hydrogen) atoms. The maximum atomic E-state index is 12.1. The van der Waals surface area contributed by atoms with Crippen LogP contribution in [0.25, 0.3) is 11.3 Å². The van der Waals surface area contributed by atoms with Crippen LogP contribution in [-0.4, -0.2) is 57.9 Å². The highest BCUT2D eigenvalue weighted by molar-refractivity contribution is 5.95. The Hall–Kier alpha value is -4.01. The molecule has 0 saturated heterocycles. The normalized spacial score (nSPS) is 17.6. The van der Waals surface area contributed by atoms with Gasteiger partial charge in [0.05, 0.1) is 5.69 Å². The van der Waals surface area contributed by atoms with Crippen molar-refractivity contribution in [2.24, 2.45) is 5.73 Å². The molecule has 4 rings (SSSR count). The molecule has 3 aromatic rings. The summed E-state index contributed by atoms with van der Waals surface area (Å²) >= 11 is 0. The van der Waals surface area contributed by atoms with Crippen LogP contribution in [0.2, 0.25) is 0 Å². The highest BCUT2D eigenvalue weighted by Crippen LogP contribution is 2.26. The molecule has 1 aliphatic rings. The molecule has 0 unspecified atom stereocenters. The Bertz CT molecular complexity index is 1160. The Kier molecular flexibility index (Phi) is 7.01. The average Bonchev–Trinajstić information content (AvgIpc) is 2.85. The number of pyridine rings is 1. The fourth-order valence-electron chi connectivity index (χ4n) is 3.97. The highest BCUT2D eigenvalue weighted by atomic mass is 16.5.